The summed E-state index contributed by atoms with van der Waals surface area (Å²) in [6.45, 7) is 15.6. The molecular weight excluding hydrogens is 578 g/mol. The molecule has 4 rings (SSSR count). The van der Waals surface area contributed by atoms with Crippen LogP contribution in [0.2, 0.25) is 0 Å². The van der Waals surface area contributed by atoms with Gasteiger partial charge in [-0.25, -0.2) is 0 Å². The van der Waals surface area contributed by atoms with E-state index in [-0.39, 0.29) is 5.91 Å². The third-order valence-electron chi connectivity index (χ3n) is 9.51. The number of carbonyl (C=O) groups is 1. The molecule has 0 saturated carbocycles. The number of amides is 1. The van der Waals surface area contributed by atoms with Crippen molar-refractivity contribution < 1.29 is 9.53 Å². The fourth-order valence-electron chi connectivity index (χ4n) is 6.48. The smallest absolute Gasteiger partial charge is 0.254 e. The van der Waals surface area contributed by atoms with Gasteiger partial charge in [0.25, 0.3) is 5.91 Å². The maximum Gasteiger partial charge on any atom is 0.254 e. The van der Waals surface area contributed by atoms with Crippen molar-refractivity contribution >= 4 is 5.91 Å². The zero-order valence-corrected chi connectivity index (χ0v) is 29.7. The van der Waals surface area contributed by atoms with Gasteiger partial charge in [-0.15, -0.1) is 0 Å². The van der Waals surface area contributed by atoms with Crippen LogP contribution in [0.5, 0.6) is 5.75 Å². The summed E-state index contributed by atoms with van der Waals surface area (Å²) < 4.78 is 6.01. The van der Waals surface area contributed by atoms with Crippen molar-refractivity contribution in [1.29, 1.82) is 0 Å². The molecule has 1 heterocycles. The van der Waals surface area contributed by atoms with Gasteiger partial charge in [0.15, 0.2) is 0 Å². The van der Waals surface area contributed by atoms with Gasteiger partial charge in [-0.05, 0) is 124 Å². The molecule has 0 spiro atoms. The summed E-state index contributed by atoms with van der Waals surface area (Å²) in [6, 6.07) is 25.5. The Bertz CT molecular complexity index is 1260. The van der Waals surface area contributed by atoms with Crippen LogP contribution in [0.15, 0.2) is 72.8 Å². The van der Waals surface area contributed by atoms with Crippen LogP contribution in [0, 0.1) is 0 Å². The standard InChI is InChI=1S/C42H61N3O2/c1-4-7-10-14-36-15-21-40(22-16-36)42(46)45(32-13-31-43(27-8-5-2)28-9-6-3)35-37-17-19-38(20-18-37)39-23-25-41(26-24-39)47-34-33-44-29-11-12-30-44/h15-26H,4-14,27-35H2,1-3H3. The number of benzene rings is 3. The second-order valence-corrected chi connectivity index (χ2v) is 13.4. The third kappa shape index (κ3) is 12.8. The molecular formula is C42H61N3O2. The van der Waals surface area contributed by atoms with Crippen molar-refractivity contribution in [1.82, 2.24) is 14.7 Å². The third-order valence-corrected chi connectivity index (χ3v) is 9.51. The van der Waals surface area contributed by atoms with Crippen molar-refractivity contribution in [2.24, 2.45) is 0 Å². The lowest BCUT2D eigenvalue weighted by atomic mass is 10.0. The number of unbranched alkanes of at least 4 members (excludes halogenated alkanes) is 4. The SMILES string of the molecule is CCCCCc1ccc(C(=O)N(CCCN(CCCC)CCCC)Cc2ccc(-c3ccc(OCCN4CCCC4)cc3)cc2)cc1. The Kier molecular flexibility index (Phi) is 16.4. The number of nitrogens with zero attached hydrogens (tertiary/aromatic N) is 3. The van der Waals surface area contributed by atoms with Crippen LogP contribution in [-0.2, 0) is 13.0 Å². The zero-order chi connectivity index (χ0) is 33.1. The quantitative estimate of drug-likeness (QED) is 0.103. The van der Waals surface area contributed by atoms with Crippen molar-refractivity contribution in [2.45, 2.75) is 97.9 Å². The van der Waals surface area contributed by atoms with Gasteiger partial charge in [0.05, 0.1) is 0 Å². The first kappa shape index (κ1) is 36.7. The topological polar surface area (TPSA) is 36.0 Å². The number of ether oxygens (including phenoxy) is 1. The maximum absolute atomic E-state index is 13.9. The van der Waals surface area contributed by atoms with Crippen LogP contribution in [0.3, 0.4) is 0 Å². The Morgan fingerprint density at radius 1 is 0.660 bits per heavy atom. The van der Waals surface area contributed by atoms with Crippen LogP contribution in [0.1, 0.15) is 106 Å². The summed E-state index contributed by atoms with van der Waals surface area (Å²) in [4.78, 5) is 21.0. The monoisotopic (exact) mass is 639 g/mol. The van der Waals surface area contributed by atoms with E-state index in [0.717, 1.165) is 69.0 Å². The fraction of sp³-hybridized carbons (Fsp3) is 0.548. The molecule has 0 atom stereocenters. The van der Waals surface area contributed by atoms with Gasteiger partial charge in [0, 0.05) is 25.2 Å². The fourth-order valence-corrected chi connectivity index (χ4v) is 6.48. The van der Waals surface area contributed by atoms with Crippen LogP contribution >= 0.6 is 0 Å². The Hall–Kier alpha value is -3.15. The van der Waals surface area contributed by atoms with Crippen molar-refractivity contribution in [3.05, 3.63) is 89.5 Å². The van der Waals surface area contributed by atoms with E-state index < -0.39 is 0 Å². The molecule has 1 aliphatic rings. The number of hydrogen-bond acceptors (Lipinski definition) is 4. The molecule has 1 amide bonds. The Labute approximate surface area is 286 Å². The number of rotatable bonds is 22. The first-order valence-electron chi connectivity index (χ1n) is 18.7. The van der Waals surface area contributed by atoms with E-state index in [1.54, 1.807) is 0 Å². The van der Waals surface area contributed by atoms with Gasteiger partial charge in [-0.2, -0.15) is 0 Å². The van der Waals surface area contributed by atoms with Crippen LogP contribution in [0.25, 0.3) is 11.1 Å². The zero-order valence-electron chi connectivity index (χ0n) is 29.7. The second kappa shape index (κ2) is 21.0. The highest BCUT2D eigenvalue weighted by Crippen LogP contribution is 2.24. The highest BCUT2D eigenvalue weighted by molar-refractivity contribution is 5.94. The first-order chi connectivity index (χ1) is 23.1. The molecule has 1 fully saturated rings. The highest BCUT2D eigenvalue weighted by Gasteiger charge is 2.17. The molecule has 0 radical (unpaired) electrons. The number of hydrogen-bond donors (Lipinski definition) is 0. The predicted octanol–water partition coefficient (Wildman–Crippen LogP) is 9.50. The van der Waals surface area contributed by atoms with Crippen molar-refractivity contribution in [3.8, 4) is 16.9 Å². The highest BCUT2D eigenvalue weighted by atomic mass is 16.5. The summed E-state index contributed by atoms with van der Waals surface area (Å²) in [6.07, 6.45) is 13.3. The molecule has 5 nitrogen and oxygen atoms in total. The van der Waals surface area contributed by atoms with E-state index in [1.165, 1.54) is 87.6 Å². The predicted molar refractivity (Wildman–Crippen MR) is 198 cm³/mol. The molecule has 0 N–H and O–H groups in total. The Morgan fingerprint density at radius 3 is 1.85 bits per heavy atom. The molecule has 3 aromatic rings. The first-order valence-corrected chi connectivity index (χ1v) is 18.7. The summed E-state index contributed by atoms with van der Waals surface area (Å²) in [7, 11) is 0. The molecule has 47 heavy (non-hydrogen) atoms. The van der Waals surface area contributed by atoms with E-state index in [1.807, 2.05) is 12.1 Å². The van der Waals surface area contributed by atoms with E-state index in [9.17, 15) is 4.79 Å². The number of carbonyl (C=O) groups excluding carboxylic acids is 1. The minimum Gasteiger partial charge on any atom is -0.492 e. The number of likely N-dealkylation sites (tertiary alicyclic amines) is 1. The lowest BCUT2D eigenvalue weighted by Gasteiger charge is -2.26. The number of aryl methyl sites for hydroxylation is 1. The van der Waals surface area contributed by atoms with Crippen molar-refractivity contribution in [2.75, 3.05) is 52.4 Å². The molecule has 1 saturated heterocycles. The van der Waals surface area contributed by atoms with Crippen LogP contribution < -0.4 is 4.74 Å². The van der Waals surface area contributed by atoms with Crippen molar-refractivity contribution in [3.63, 3.8) is 0 Å². The minimum absolute atomic E-state index is 0.128. The average molecular weight is 640 g/mol. The molecule has 1 aliphatic heterocycles. The normalized spacial score (nSPS) is 13.4. The van der Waals surface area contributed by atoms with Gasteiger partial charge in [-0.3, -0.25) is 9.69 Å². The molecule has 256 valence electrons. The van der Waals surface area contributed by atoms with Gasteiger partial charge in [-0.1, -0.05) is 95.0 Å². The van der Waals surface area contributed by atoms with Crippen LogP contribution in [-0.4, -0.2) is 73.0 Å². The largest absolute Gasteiger partial charge is 0.492 e. The van der Waals surface area contributed by atoms with E-state index >= 15 is 0 Å². The second-order valence-electron chi connectivity index (χ2n) is 13.4. The van der Waals surface area contributed by atoms with Gasteiger partial charge in [0.1, 0.15) is 12.4 Å². The lowest BCUT2D eigenvalue weighted by molar-refractivity contribution is 0.0734. The Balaban J connectivity index is 1.38. The van der Waals surface area contributed by atoms with Gasteiger partial charge >= 0.3 is 0 Å². The van der Waals surface area contributed by atoms with Gasteiger partial charge < -0.3 is 14.5 Å². The van der Waals surface area contributed by atoms with E-state index in [0.29, 0.717) is 6.54 Å². The molecule has 0 aliphatic carbocycles. The Morgan fingerprint density at radius 2 is 1.23 bits per heavy atom. The molecule has 0 unspecified atom stereocenters. The van der Waals surface area contributed by atoms with E-state index in [2.05, 4.69) is 96.1 Å². The lowest BCUT2D eigenvalue weighted by Crippen LogP contribution is -2.34. The molecule has 0 aromatic heterocycles. The molecule has 3 aromatic carbocycles. The average Bonchev–Trinajstić information content (AvgIpc) is 3.63. The molecule has 0 bridgehead atoms. The summed E-state index contributed by atoms with van der Waals surface area (Å²) in [5.41, 5.74) is 5.62. The van der Waals surface area contributed by atoms with Gasteiger partial charge in [0.2, 0.25) is 0 Å². The van der Waals surface area contributed by atoms with E-state index in [4.69, 9.17) is 4.74 Å². The van der Waals surface area contributed by atoms with Crippen LogP contribution in [0.4, 0.5) is 0 Å². The summed E-state index contributed by atoms with van der Waals surface area (Å²) >= 11 is 0. The molecule has 5 heteroatoms. The summed E-state index contributed by atoms with van der Waals surface area (Å²) in [5.74, 6) is 1.05. The maximum atomic E-state index is 13.9. The summed E-state index contributed by atoms with van der Waals surface area (Å²) in [5, 5.41) is 0. The minimum atomic E-state index is 0.128.